The number of carbonyl (C=O) groups is 1. The lowest BCUT2D eigenvalue weighted by Crippen LogP contribution is -2.46. The first-order chi connectivity index (χ1) is 10.6. The molecule has 1 fully saturated rings. The minimum absolute atomic E-state index is 0.00725. The quantitative estimate of drug-likeness (QED) is 0.844. The molecule has 0 spiro atoms. The van der Waals surface area contributed by atoms with E-state index < -0.39 is 0 Å². The highest BCUT2D eigenvalue weighted by Crippen LogP contribution is 2.26. The molecule has 4 heteroatoms. The van der Waals surface area contributed by atoms with Gasteiger partial charge < -0.3 is 15.4 Å². The highest BCUT2D eigenvalue weighted by Gasteiger charge is 2.23. The normalized spacial score (nSPS) is 18.5. The van der Waals surface area contributed by atoms with Crippen LogP contribution in [0.15, 0.2) is 24.3 Å². The number of benzene rings is 1. The molecule has 0 bridgehead atoms. The third kappa shape index (κ3) is 4.73. The number of methoxy groups -OCH3 is 1. The van der Waals surface area contributed by atoms with E-state index in [2.05, 4.69) is 17.6 Å². The summed E-state index contributed by atoms with van der Waals surface area (Å²) in [6.07, 6.45) is 6.56. The van der Waals surface area contributed by atoms with Gasteiger partial charge in [0.1, 0.15) is 5.75 Å². The second-order valence-corrected chi connectivity index (χ2v) is 6.29. The molecule has 2 atom stereocenters. The van der Waals surface area contributed by atoms with Gasteiger partial charge in [0, 0.05) is 11.7 Å². The van der Waals surface area contributed by atoms with Crippen LogP contribution in [0.4, 0.5) is 5.69 Å². The highest BCUT2D eigenvalue weighted by molar-refractivity contribution is 5.94. The van der Waals surface area contributed by atoms with E-state index in [0.29, 0.717) is 12.0 Å². The molecule has 1 amide bonds. The predicted molar refractivity (Wildman–Crippen MR) is 90.3 cm³/mol. The Kier molecular flexibility index (Phi) is 6.25. The standard InChI is InChI=1S/C18H28N2O2/c1-13(15-7-5-4-6-8-15)19-14(2)18(21)20-16-9-11-17(22-3)12-10-16/h9-15,19H,4-8H2,1-3H3,(H,20,21). The van der Waals surface area contributed by atoms with Gasteiger partial charge in [-0.05, 0) is 56.9 Å². The van der Waals surface area contributed by atoms with Crippen LogP contribution in [0, 0.1) is 5.92 Å². The van der Waals surface area contributed by atoms with Crippen LogP contribution in [-0.2, 0) is 4.79 Å². The van der Waals surface area contributed by atoms with Crippen molar-refractivity contribution >= 4 is 11.6 Å². The van der Waals surface area contributed by atoms with Gasteiger partial charge in [-0.1, -0.05) is 19.3 Å². The summed E-state index contributed by atoms with van der Waals surface area (Å²) < 4.78 is 5.12. The molecule has 1 aliphatic rings. The molecule has 0 saturated heterocycles. The van der Waals surface area contributed by atoms with Crippen molar-refractivity contribution < 1.29 is 9.53 Å². The van der Waals surface area contributed by atoms with Gasteiger partial charge in [-0.3, -0.25) is 4.79 Å². The van der Waals surface area contributed by atoms with Gasteiger partial charge in [0.15, 0.2) is 0 Å². The molecule has 0 heterocycles. The van der Waals surface area contributed by atoms with Crippen LogP contribution < -0.4 is 15.4 Å². The lowest BCUT2D eigenvalue weighted by atomic mass is 9.84. The number of nitrogens with one attached hydrogen (secondary N) is 2. The van der Waals surface area contributed by atoms with E-state index in [1.54, 1.807) is 7.11 Å². The number of ether oxygens (including phenoxy) is 1. The molecule has 2 N–H and O–H groups in total. The summed E-state index contributed by atoms with van der Waals surface area (Å²) in [7, 11) is 1.63. The monoisotopic (exact) mass is 304 g/mol. The van der Waals surface area contributed by atoms with Crippen LogP contribution in [0.3, 0.4) is 0 Å². The average molecular weight is 304 g/mol. The third-order valence-corrected chi connectivity index (χ3v) is 4.62. The number of hydrogen-bond donors (Lipinski definition) is 2. The van der Waals surface area contributed by atoms with E-state index in [0.717, 1.165) is 11.4 Å². The summed E-state index contributed by atoms with van der Waals surface area (Å²) in [5.74, 6) is 1.49. The smallest absolute Gasteiger partial charge is 0.241 e. The molecule has 0 aliphatic heterocycles. The van der Waals surface area contributed by atoms with Crippen molar-refractivity contribution in [2.24, 2.45) is 5.92 Å². The molecule has 1 aromatic rings. The van der Waals surface area contributed by atoms with E-state index in [-0.39, 0.29) is 11.9 Å². The summed E-state index contributed by atoms with van der Waals surface area (Å²) >= 11 is 0. The Morgan fingerprint density at radius 1 is 1.14 bits per heavy atom. The van der Waals surface area contributed by atoms with Crippen LogP contribution in [0.1, 0.15) is 46.0 Å². The molecular weight excluding hydrogens is 276 g/mol. The summed E-state index contributed by atoms with van der Waals surface area (Å²) in [6, 6.07) is 7.59. The Hall–Kier alpha value is -1.55. The maximum absolute atomic E-state index is 12.3. The van der Waals surface area contributed by atoms with Crippen molar-refractivity contribution in [2.45, 2.75) is 58.0 Å². The first-order valence-corrected chi connectivity index (χ1v) is 8.31. The minimum Gasteiger partial charge on any atom is -0.497 e. The molecule has 2 unspecified atom stereocenters. The summed E-state index contributed by atoms with van der Waals surface area (Å²) in [5, 5.41) is 6.40. The second kappa shape index (κ2) is 8.18. The van der Waals surface area contributed by atoms with Crippen LogP contribution >= 0.6 is 0 Å². The number of amides is 1. The van der Waals surface area contributed by atoms with E-state index in [9.17, 15) is 4.79 Å². The molecule has 1 aromatic carbocycles. The zero-order valence-electron chi connectivity index (χ0n) is 13.9. The number of rotatable bonds is 6. The average Bonchev–Trinajstić information content (AvgIpc) is 2.56. The minimum atomic E-state index is -0.195. The van der Waals surface area contributed by atoms with E-state index in [4.69, 9.17) is 4.74 Å². The predicted octanol–water partition coefficient (Wildman–Crippen LogP) is 3.58. The first kappa shape index (κ1) is 16.8. The SMILES string of the molecule is COc1ccc(NC(=O)C(C)NC(C)C2CCCCC2)cc1. The van der Waals surface area contributed by atoms with Crippen LogP contribution in [0.5, 0.6) is 5.75 Å². The Labute approximate surface area is 133 Å². The van der Waals surface area contributed by atoms with Crippen LogP contribution in [0.25, 0.3) is 0 Å². The van der Waals surface area contributed by atoms with Crippen molar-refractivity contribution in [1.82, 2.24) is 5.32 Å². The number of hydrogen-bond acceptors (Lipinski definition) is 3. The zero-order valence-corrected chi connectivity index (χ0v) is 13.9. The van der Waals surface area contributed by atoms with E-state index in [1.165, 1.54) is 32.1 Å². The lowest BCUT2D eigenvalue weighted by Gasteiger charge is -2.30. The van der Waals surface area contributed by atoms with Gasteiger partial charge in [0.2, 0.25) is 5.91 Å². The van der Waals surface area contributed by atoms with Crippen molar-refractivity contribution in [3.63, 3.8) is 0 Å². The van der Waals surface area contributed by atoms with Gasteiger partial charge in [-0.2, -0.15) is 0 Å². The second-order valence-electron chi connectivity index (χ2n) is 6.29. The molecule has 2 rings (SSSR count). The third-order valence-electron chi connectivity index (χ3n) is 4.62. The molecule has 1 aliphatic carbocycles. The maximum Gasteiger partial charge on any atom is 0.241 e. The Bertz CT molecular complexity index is 466. The summed E-state index contributed by atoms with van der Waals surface area (Å²) in [4.78, 5) is 12.3. The van der Waals surface area contributed by atoms with Gasteiger partial charge >= 0.3 is 0 Å². The molecule has 122 valence electrons. The van der Waals surface area contributed by atoms with E-state index >= 15 is 0 Å². The fraction of sp³-hybridized carbons (Fsp3) is 0.611. The van der Waals surface area contributed by atoms with Crippen molar-refractivity contribution in [3.05, 3.63) is 24.3 Å². The van der Waals surface area contributed by atoms with Crippen LogP contribution in [0.2, 0.25) is 0 Å². The fourth-order valence-electron chi connectivity index (χ4n) is 3.17. The van der Waals surface area contributed by atoms with E-state index in [1.807, 2.05) is 31.2 Å². The fourth-order valence-corrected chi connectivity index (χ4v) is 3.17. The Morgan fingerprint density at radius 3 is 2.36 bits per heavy atom. The number of anilines is 1. The molecule has 0 aromatic heterocycles. The molecular formula is C18H28N2O2. The Morgan fingerprint density at radius 2 is 1.77 bits per heavy atom. The van der Waals surface area contributed by atoms with Crippen molar-refractivity contribution in [2.75, 3.05) is 12.4 Å². The molecule has 4 nitrogen and oxygen atoms in total. The van der Waals surface area contributed by atoms with Gasteiger partial charge in [0.05, 0.1) is 13.2 Å². The largest absolute Gasteiger partial charge is 0.497 e. The summed E-state index contributed by atoms with van der Waals surface area (Å²) in [5.41, 5.74) is 0.796. The van der Waals surface area contributed by atoms with Crippen molar-refractivity contribution in [3.8, 4) is 5.75 Å². The zero-order chi connectivity index (χ0) is 15.9. The van der Waals surface area contributed by atoms with Gasteiger partial charge in [-0.15, -0.1) is 0 Å². The molecule has 22 heavy (non-hydrogen) atoms. The Balaban J connectivity index is 1.82. The number of carbonyl (C=O) groups excluding carboxylic acids is 1. The van der Waals surface area contributed by atoms with Gasteiger partial charge in [-0.25, -0.2) is 0 Å². The molecule has 0 radical (unpaired) electrons. The maximum atomic E-state index is 12.3. The lowest BCUT2D eigenvalue weighted by molar-refractivity contribution is -0.118. The highest BCUT2D eigenvalue weighted by atomic mass is 16.5. The summed E-state index contributed by atoms with van der Waals surface area (Å²) in [6.45, 7) is 4.13. The molecule has 1 saturated carbocycles. The first-order valence-electron chi connectivity index (χ1n) is 8.31. The van der Waals surface area contributed by atoms with Gasteiger partial charge in [0.25, 0.3) is 0 Å². The topological polar surface area (TPSA) is 50.4 Å². The van der Waals surface area contributed by atoms with Crippen LogP contribution in [-0.4, -0.2) is 25.1 Å². The van der Waals surface area contributed by atoms with Crippen molar-refractivity contribution in [1.29, 1.82) is 0 Å².